The van der Waals surface area contributed by atoms with E-state index >= 15 is 4.57 Å². The summed E-state index contributed by atoms with van der Waals surface area (Å²) in [7, 11) is -5.73. The molecule has 0 amide bonds. The fourth-order valence-electron chi connectivity index (χ4n) is 6.66. The summed E-state index contributed by atoms with van der Waals surface area (Å²) in [6.45, 7) is 0. The summed E-state index contributed by atoms with van der Waals surface area (Å²) in [5.41, 5.74) is 8.92. The monoisotopic (exact) mass is 640 g/mol. The second kappa shape index (κ2) is 12.3. The molecular formula is C41H30BN2O3P. The molecule has 48 heavy (non-hydrogen) atoms. The van der Waals surface area contributed by atoms with Gasteiger partial charge in [-0.2, -0.15) is 0 Å². The van der Waals surface area contributed by atoms with Gasteiger partial charge in [0.15, 0.2) is 0 Å². The molecule has 1 aliphatic heterocycles. The molecule has 0 saturated carbocycles. The Hall–Kier alpha value is -5.52. The summed E-state index contributed by atoms with van der Waals surface area (Å²) in [6.07, 6.45) is 0. The molecule has 230 valence electrons. The number of para-hydroxylation sites is 2. The molecule has 2 heterocycles. The third-order valence-electron chi connectivity index (χ3n) is 8.86. The van der Waals surface area contributed by atoms with Crippen LogP contribution in [-0.4, -0.2) is 22.2 Å². The first kappa shape index (κ1) is 29.9. The van der Waals surface area contributed by atoms with Gasteiger partial charge in [-0.25, -0.2) is 4.98 Å². The van der Waals surface area contributed by atoms with Crippen molar-refractivity contribution in [1.82, 2.24) is 4.98 Å². The number of pyridine rings is 1. The predicted octanol–water partition coefficient (Wildman–Crippen LogP) is 7.81. The van der Waals surface area contributed by atoms with E-state index < -0.39 is 14.4 Å². The van der Waals surface area contributed by atoms with Gasteiger partial charge in [-0.05, 0) is 58.0 Å². The molecule has 7 aromatic rings. The smallest absolute Gasteiger partial charge is 0.423 e. The zero-order valence-corrected chi connectivity index (χ0v) is 26.8. The van der Waals surface area contributed by atoms with Gasteiger partial charge in [0.2, 0.25) is 0 Å². The third kappa shape index (κ3) is 4.99. The molecule has 1 atom stereocenters. The molecule has 1 aliphatic rings. The molecule has 6 aromatic carbocycles. The molecule has 1 aromatic heterocycles. The van der Waals surface area contributed by atoms with Crippen LogP contribution in [0.2, 0.25) is 0 Å². The van der Waals surface area contributed by atoms with E-state index in [0.717, 1.165) is 50.3 Å². The topological polar surface area (TPSA) is 73.7 Å². The number of hydrogen-bond donors (Lipinski definition) is 2. The highest BCUT2D eigenvalue weighted by atomic mass is 31.2. The lowest BCUT2D eigenvalue weighted by atomic mass is 9.79. The molecule has 0 spiro atoms. The minimum atomic E-state index is -3.98. The van der Waals surface area contributed by atoms with Crippen LogP contribution in [0, 0.1) is 0 Å². The largest absolute Gasteiger partial charge is 0.488 e. The Labute approximate surface area is 280 Å². The summed E-state index contributed by atoms with van der Waals surface area (Å²) in [6, 6.07) is 55.0. The van der Waals surface area contributed by atoms with Crippen LogP contribution in [0.15, 0.2) is 170 Å². The Morgan fingerprint density at radius 2 is 1.10 bits per heavy atom. The van der Waals surface area contributed by atoms with Gasteiger partial charge in [0.1, 0.15) is 5.44 Å². The number of aromatic nitrogens is 1. The standard InChI is InChI=1S/C41H30BN2O3P/c45-42(46)32-25-26-35-34-23-13-14-24-38(34)44(33-21-11-4-12-22-33)48(47,39(35)27-32)41-40(31-19-9-3-10-20-31)36(29-15-5-1-6-16-29)28-37(43-41)30-17-7-2-8-18-30/h1-28,45-46H. The Bertz CT molecular complexity index is 2300. The SMILES string of the molecule is O=P1(c2nc(-c3ccccc3)cc(-c3ccccc3)c2-c2ccccc2)c2cc(B(O)O)ccc2-c2ccccc2N1c1ccccc1. The van der Waals surface area contributed by atoms with Crippen LogP contribution in [-0.2, 0) is 4.57 Å². The van der Waals surface area contributed by atoms with Crippen molar-refractivity contribution in [2.45, 2.75) is 0 Å². The number of benzene rings is 6. The summed E-state index contributed by atoms with van der Waals surface area (Å²) < 4.78 is 18.9. The maximum atomic E-state index is 17.0. The zero-order valence-electron chi connectivity index (χ0n) is 25.9. The van der Waals surface area contributed by atoms with Crippen molar-refractivity contribution in [3.05, 3.63) is 170 Å². The molecule has 7 heteroatoms. The van der Waals surface area contributed by atoms with Gasteiger partial charge < -0.3 is 10.0 Å². The van der Waals surface area contributed by atoms with E-state index in [1.807, 2.05) is 144 Å². The average molecular weight is 640 g/mol. The van der Waals surface area contributed by atoms with E-state index in [4.69, 9.17) is 4.98 Å². The van der Waals surface area contributed by atoms with E-state index in [9.17, 15) is 10.0 Å². The van der Waals surface area contributed by atoms with Crippen LogP contribution < -0.4 is 20.9 Å². The fourth-order valence-corrected chi connectivity index (χ4v) is 9.87. The highest BCUT2D eigenvalue weighted by molar-refractivity contribution is 7.81. The minimum absolute atomic E-state index is 0.255. The maximum absolute atomic E-state index is 17.0. The van der Waals surface area contributed by atoms with Crippen LogP contribution in [0.1, 0.15) is 0 Å². The Balaban J connectivity index is 1.58. The van der Waals surface area contributed by atoms with Crippen molar-refractivity contribution in [3.8, 4) is 44.6 Å². The van der Waals surface area contributed by atoms with Crippen molar-refractivity contribution in [1.29, 1.82) is 0 Å². The van der Waals surface area contributed by atoms with Gasteiger partial charge in [-0.3, -0.25) is 9.24 Å². The van der Waals surface area contributed by atoms with Crippen molar-refractivity contribution in [2.75, 3.05) is 4.67 Å². The number of rotatable bonds is 6. The highest BCUT2D eigenvalue weighted by Crippen LogP contribution is 2.62. The second-order valence-corrected chi connectivity index (χ2v) is 14.2. The molecule has 5 nitrogen and oxygen atoms in total. The Kier molecular flexibility index (Phi) is 7.62. The minimum Gasteiger partial charge on any atom is -0.423 e. The molecular weight excluding hydrogens is 610 g/mol. The predicted molar refractivity (Wildman–Crippen MR) is 198 cm³/mol. The van der Waals surface area contributed by atoms with Crippen LogP contribution >= 0.6 is 7.29 Å². The molecule has 0 fully saturated rings. The third-order valence-corrected chi connectivity index (χ3v) is 11.8. The van der Waals surface area contributed by atoms with Crippen molar-refractivity contribution in [2.24, 2.45) is 0 Å². The van der Waals surface area contributed by atoms with Crippen molar-refractivity contribution >= 4 is 42.0 Å². The van der Waals surface area contributed by atoms with Gasteiger partial charge in [-0.15, -0.1) is 0 Å². The van der Waals surface area contributed by atoms with E-state index in [2.05, 4.69) is 18.2 Å². The maximum Gasteiger partial charge on any atom is 0.488 e. The molecule has 2 N–H and O–H groups in total. The van der Waals surface area contributed by atoms with E-state index in [-0.39, 0.29) is 5.46 Å². The van der Waals surface area contributed by atoms with Gasteiger partial charge in [0.25, 0.3) is 7.29 Å². The van der Waals surface area contributed by atoms with E-state index in [1.54, 1.807) is 12.1 Å². The average Bonchev–Trinajstić information content (AvgIpc) is 3.15. The van der Waals surface area contributed by atoms with E-state index in [0.29, 0.717) is 16.4 Å². The number of hydrogen-bond acceptors (Lipinski definition) is 4. The number of anilines is 2. The summed E-state index contributed by atoms with van der Waals surface area (Å²) in [5.74, 6) is 0. The number of nitrogens with zero attached hydrogens (tertiary/aromatic N) is 2. The zero-order chi connectivity index (χ0) is 32.7. The summed E-state index contributed by atoms with van der Waals surface area (Å²) >= 11 is 0. The molecule has 1 unspecified atom stereocenters. The molecule has 8 rings (SSSR count). The fraction of sp³-hybridized carbons (Fsp3) is 0. The molecule has 0 aliphatic carbocycles. The van der Waals surface area contributed by atoms with E-state index in [1.165, 1.54) is 0 Å². The van der Waals surface area contributed by atoms with Crippen molar-refractivity contribution < 1.29 is 14.6 Å². The normalized spacial score (nSPS) is 15.0. The lowest BCUT2D eigenvalue weighted by molar-refractivity contribution is 0.426. The lowest BCUT2D eigenvalue weighted by Crippen LogP contribution is -2.39. The second-order valence-electron chi connectivity index (χ2n) is 11.7. The lowest BCUT2D eigenvalue weighted by Gasteiger charge is -2.40. The Morgan fingerprint density at radius 1 is 0.542 bits per heavy atom. The molecule has 0 radical (unpaired) electrons. The first-order chi connectivity index (χ1) is 23.5. The van der Waals surface area contributed by atoms with Crippen LogP contribution in [0.3, 0.4) is 0 Å². The van der Waals surface area contributed by atoms with Gasteiger partial charge in [0.05, 0.1) is 11.4 Å². The van der Waals surface area contributed by atoms with Crippen LogP contribution in [0.5, 0.6) is 0 Å². The van der Waals surface area contributed by atoms with Gasteiger partial charge in [-0.1, -0.05) is 140 Å². The molecule has 0 saturated heterocycles. The van der Waals surface area contributed by atoms with Crippen molar-refractivity contribution in [3.63, 3.8) is 0 Å². The number of fused-ring (bicyclic) bond motifs is 3. The first-order valence-corrected chi connectivity index (χ1v) is 17.5. The quantitative estimate of drug-likeness (QED) is 0.143. The molecule has 0 bridgehead atoms. The summed E-state index contributed by atoms with van der Waals surface area (Å²) in [4.78, 5) is 5.39. The Morgan fingerprint density at radius 3 is 1.75 bits per heavy atom. The summed E-state index contributed by atoms with van der Waals surface area (Å²) in [5, 5.41) is 21.3. The van der Waals surface area contributed by atoms with Gasteiger partial charge in [0, 0.05) is 27.7 Å². The van der Waals surface area contributed by atoms with Gasteiger partial charge >= 0.3 is 7.12 Å². The van der Waals surface area contributed by atoms with Crippen LogP contribution in [0.4, 0.5) is 11.4 Å². The first-order valence-electron chi connectivity index (χ1n) is 15.8. The van der Waals surface area contributed by atoms with Crippen LogP contribution in [0.25, 0.3) is 44.6 Å². The highest BCUT2D eigenvalue weighted by Gasteiger charge is 2.46.